The van der Waals surface area contributed by atoms with Gasteiger partial charge in [0, 0.05) is 11.0 Å². The third-order valence-electron chi connectivity index (χ3n) is 1.90. The van der Waals surface area contributed by atoms with Gasteiger partial charge >= 0.3 is 0 Å². The van der Waals surface area contributed by atoms with Gasteiger partial charge in [0.25, 0.3) is 0 Å². The van der Waals surface area contributed by atoms with E-state index in [1.807, 2.05) is 25.1 Å². The number of aromatic nitrogens is 2. The van der Waals surface area contributed by atoms with E-state index >= 15 is 0 Å². The maximum absolute atomic E-state index is 5.80. The first-order chi connectivity index (χ1) is 7.63. The molecule has 0 bridgehead atoms. The molecule has 1 heterocycles. The number of anilines is 1. The summed E-state index contributed by atoms with van der Waals surface area (Å²) in [6.07, 6.45) is 0. The molecule has 0 saturated heterocycles. The van der Waals surface area contributed by atoms with Crippen LogP contribution in [0.15, 0.2) is 40.3 Å². The van der Waals surface area contributed by atoms with Gasteiger partial charge in [-0.1, -0.05) is 41.1 Å². The molecule has 0 atom stereocenters. The quantitative estimate of drug-likeness (QED) is 0.833. The van der Waals surface area contributed by atoms with Crippen LogP contribution in [-0.4, -0.2) is 9.97 Å². The zero-order chi connectivity index (χ0) is 11.5. The van der Waals surface area contributed by atoms with Crippen molar-refractivity contribution in [2.24, 2.45) is 0 Å². The number of benzene rings is 1. The van der Waals surface area contributed by atoms with Gasteiger partial charge in [-0.15, -0.1) is 0 Å². The smallest absolute Gasteiger partial charge is 0.222 e. The molecule has 1 aromatic heterocycles. The third kappa shape index (κ3) is 2.87. The number of nitrogen functional groups attached to an aromatic ring is 1. The number of hydrogen-bond donors (Lipinski definition) is 1. The normalized spacial score (nSPS) is 10.4. The van der Waals surface area contributed by atoms with Crippen LogP contribution in [0.1, 0.15) is 5.56 Å². The summed E-state index contributed by atoms with van der Waals surface area (Å²) in [5.74, 6) is 0.197. The zero-order valence-corrected chi connectivity index (χ0v) is 10.2. The molecule has 0 aliphatic heterocycles. The second-order valence-electron chi connectivity index (χ2n) is 3.31. The van der Waals surface area contributed by atoms with Crippen molar-refractivity contribution in [1.29, 1.82) is 0 Å². The molecule has 3 nitrogen and oxygen atoms in total. The highest BCUT2D eigenvalue weighted by atomic mass is 35.5. The second-order valence-corrected chi connectivity index (χ2v) is 4.79. The monoisotopic (exact) mass is 251 g/mol. The number of nitrogens with zero attached hydrogens (tertiary/aromatic N) is 2. The Kier molecular flexibility index (Phi) is 3.31. The number of halogens is 1. The first-order valence-corrected chi connectivity index (χ1v) is 5.87. The first kappa shape index (κ1) is 11.2. The fraction of sp³-hybridized carbons (Fsp3) is 0.0909. The molecule has 0 unspecified atom stereocenters. The van der Waals surface area contributed by atoms with Crippen LogP contribution in [0.25, 0.3) is 0 Å². The van der Waals surface area contributed by atoms with Crippen molar-refractivity contribution >= 4 is 29.3 Å². The van der Waals surface area contributed by atoms with E-state index < -0.39 is 0 Å². The molecule has 0 fully saturated rings. The Morgan fingerprint density at radius 3 is 2.75 bits per heavy atom. The molecule has 0 amide bonds. The third-order valence-corrected chi connectivity index (χ3v) is 3.00. The fourth-order valence-electron chi connectivity index (χ4n) is 1.27. The lowest BCUT2D eigenvalue weighted by atomic mass is 10.2. The number of rotatable bonds is 2. The second kappa shape index (κ2) is 4.72. The van der Waals surface area contributed by atoms with Crippen molar-refractivity contribution in [3.63, 3.8) is 0 Å². The summed E-state index contributed by atoms with van der Waals surface area (Å²) in [6.45, 7) is 2.05. The van der Waals surface area contributed by atoms with Gasteiger partial charge in [-0.05, 0) is 19.1 Å². The molecule has 16 heavy (non-hydrogen) atoms. The molecular formula is C11H10ClN3S. The van der Waals surface area contributed by atoms with Crippen LogP contribution < -0.4 is 5.73 Å². The predicted octanol–water partition coefficient (Wildman–Crippen LogP) is 3.17. The predicted molar refractivity (Wildman–Crippen MR) is 66.8 cm³/mol. The Morgan fingerprint density at radius 1 is 1.25 bits per heavy atom. The molecule has 2 N–H and O–H groups in total. The average Bonchev–Trinajstić information content (AvgIpc) is 2.15. The molecule has 0 spiro atoms. The van der Waals surface area contributed by atoms with E-state index in [-0.39, 0.29) is 5.95 Å². The zero-order valence-electron chi connectivity index (χ0n) is 8.64. The Balaban J connectivity index is 2.27. The molecule has 0 aliphatic carbocycles. The number of hydrogen-bond acceptors (Lipinski definition) is 4. The first-order valence-electron chi connectivity index (χ1n) is 4.68. The minimum absolute atomic E-state index is 0.197. The largest absolute Gasteiger partial charge is 0.368 e. The van der Waals surface area contributed by atoms with E-state index in [2.05, 4.69) is 16.0 Å². The number of nitrogens with two attached hydrogens (primary N) is 1. The molecular weight excluding hydrogens is 242 g/mol. The van der Waals surface area contributed by atoms with Gasteiger partial charge in [-0.2, -0.15) is 0 Å². The SMILES string of the molecule is Cc1cccc(Sc2cc(Cl)nc(N)n2)c1. The van der Waals surface area contributed by atoms with Crippen molar-refractivity contribution in [2.75, 3.05) is 5.73 Å². The van der Waals surface area contributed by atoms with Gasteiger partial charge < -0.3 is 5.73 Å². The maximum Gasteiger partial charge on any atom is 0.222 e. The van der Waals surface area contributed by atoms with Crippen molar-refractivity contribution in [1.82, 2.24) is 9.97 Å². The number of aryl methyl sites for hydroxylation is 1. The van der Waals surface area contributed by atoms with Crippen LogP contribution in [0.5, 0.6) is 0 Å². The van der Waals surface area contributed by atoms with Gasteiger partial charge in [-0.3, -0.25) is 0 Å². The summed E-state index contributed by atoms with van der Waals surface area (Å²) >= 11 is 7.32. The molecule has 2 rings (SSSR count). The van der Waals surface area contributed by atoms with Gasteiger partial charge in [0.2, 0.25) is 5.95 Å². The molecule has 0 radical (unpaired) electrons. The molecule has 5 heteroatoms. The molecule has 0 saturated carbocycles. The topological polar surface area (TPSA) is 51.8 Å². The van der Waals surface area contributed by atoms with Crippen LogP contribution in [0.2, 0.25) is 5.15 Å². The van der Waals surface area contributed by atoms with Crippen molar-refractivity contribution in [3.8, 4) is 0 Å². The van der Waals surface area contributed by atoms with E-state index in [1.54, 1.807) is 6.07 Å². The minimum Gasteiger partial charge on any atom is -0.368 e. The standard InChI is InChI=1S/C11H10ClN3S/c1-7-3-2-4-8(5-7)16-10-6-9(12)14-11(13)15-10/h2-6H,1H3,(H2,13,14,15). The summed E-state index contributed by atoms with van der Waals surface area (Å²) in [6, 6.07) is 9.85. The van der Waals surface area contributed by atoms with E-state index in [9.17, 15) is 0 Å². The summed E-state index contributed by atoms with van der Waals surface area (Å²) in [4.78, 5) is 9.02. The average molecular weight is 252 g/mol. The highest BCUT2D eigenvalue weighted by molar-refractivity contribution is 7.99. The van der Waals surface area contributed by atoms with Crippen LogP contribution in [0.4, 0.5) is 5.95 Å². The lowest BCUT2D eigenvalue weighted by molar-refractivity contribution is 1.06. The van der Waals surface area contributed by atoms with Crippen molar-refractivity contribution < 1.29 is 0 Å². The van der Waals surface area contributed by atoms with Gasteiger partial charge in [-0.25, -0.2) is 9.97 Å². The lowest BCUT2D eigenvalue weighted by Gasteiger charge is -2.03. The van der Waals surface area contributed by atoms with Gasteiger partial charge in [0.1, 0.15) is 10.2 Å². The molecule has 0 aliphatic rings. The maximum atomic E-state index is 5.80. The van der Waals surface area contributed by atoms with E-state index in [0.29, 0.717) is 5.15 Å². The van der Waals surface area contributed by atoms with E-state index in [0.717, 1.165) is 9.92 Å². The van der Waals surface area contributed by atoms with Gasteiger partial charge in [0.05, 0.1) is 0 Å². The Morgan fingerprint density at radius 2 is 2.06 bits per heavy atom. The Hall–Kier alpha value is -1.26. The summed E-state index contributed by atoms with van der Waals surface area (Å²) in [5, 5.41) is 1.12. The Labute approximate surface area is 103 Å². The summed E-state index contributed by atoms with van der Waals surface area (Å²) in [5.41, 5.74) is 6.73. The lowest BCUT2D eigenvalue weighted by Crippen LogP contribution is -1.95. The van der Waals surface area contributed by atoms with E-state index in [1.165, 1.54) is 17.3 Å². The van der Waals surface area contributed by atoms with Crippen LogP contribution >= 0.6 is 23.4 Å². The minimum atomic E-state index is 0.197. The fourth-order valence-corrected chi connectivity index (χ4v) is 2.46. The molecule has 82 valence electrons. The highest BCUT2D eigenvalue weighted by Crippen LogP contribution is 2.28. The van der Waals surface area contributed by atoms with Crippen LogP contribution in [0.3, 0.4) is 0 Å². The summed E-state index contributed by atoms with van der Waals surface area (Å²) < 4.78 is 0. The molecule has 2 aromatic rings. The van der Waals surface area contributed by atoms with Crippen molar-refractivity contribution in [3.05, 3.63) is 41.0 Å². The molecule has 1 aromatic carbocycles. The summed E-state index contributed by atoms with van der Waals surface area (Å²) in [7, 11) is 0. The van der Waals surface area contributed by atoms with E-state index in [4.69, 9.17) is 17.3 Å². The van der Waals surface area contributed by atoms with Crippen LogP contribution in [0, 0.1) is 6.92 Å². The van der Waals surface area contributed by atoms with Crippen LogP contribution in [-0.2, 0) is 0 Å². The highest BCUT2D eigenvalue weighted by Gasteiger charge is 2.03. The van der Waals surface area contributed by atoms with Crippen molar-refractivity contribution in [2.45, 2.75) is 16.8 Å². The van der Waals surface area contributed by atoms with Gasteiger partial charge in [0.15, 0.2) is 0 Å². The Bertz CT molecular complexity index is 496.